The van der Waals surface area contributed by atoms with Crippen molar-refractivity contribution in [2.45, 2.75) is 12.3 Å². The summed E-state index contributed by atoms with van der Waals surface area (Å²) >= 11 is 4.83. The van der Waals surface area contributed by atoms with Crippen LogP contribution in [0.3, 0.4) is 0 Å². The Labute approximate surface area is 98.4 Å². The van der Waals surface area contributed by atoms with Gasteiger partial charge in [0.2, 0.25) is 5.91 Å². The van der Waals surface area contributed by atoms with Gasteiger partial charge in [-0.1, -0.05) is 0 Å². The number of carbonyl (C=O) groups excluding carboxylic acids is 1. The molecule has 0 bridgehead atoms. The van der Waals surface area contributed by atoms with Crippen LogP contribution in [0.25, 0.3) is 11.2 Å². The van der Waals surface area contributed by atoms with Crippen molar-refractivity contribution in [3.05, 3.63) is 12.2 Å². The van der Waals surface area contributed by atoms with Crippen LogP contribution in [0.5, 0.6) is 0 Å². The summed E-state index contributed by atoms with van der Waals surface area (Å²) in [6.07, 6.45) is 1.10. The first-order chi connectivity index (χ1) is 7.88. The number of fused-ring (bicyclic) bond motifs is 1. The lowest BCUT2D eigenvalue weighted by atomic mass is 10.5. The predicted octanol–water partition coefficient (Wildman–Crippen LogP) is 1.60. The molecule has 6 nitrogen and oxygen atoms in total. The highest BCUT2D eigenvalue weighted by Gasteiger charge is 2.32. The number of H-pyrrole nitrogens is 1. The molecule has 2 aromatic heterocycles. The topological polar surface area (TPSA) is 83.6 Å². The summed E-state index contributed by atoms with van der Waals surface area (Å²) in [5.41, 5.74) is 0.0945. The zero-order valence-electron chi connectivity index (χ0n) is 8.46. The maximum Gasteiger partial charge on any atom is 0.379 e. The smallest absolute Gasteiger partial charge is 0.331 e. The zero-order valence-corrected chi connectivity index (χ0v) is 9.22. The molecule has 0 atom stereocenters. The Morgan fingerprint density at radius 1 is 1.53 bits per heavy atom. The third-order valence-corrected chi connectivity index (χ3v) is 2.03. The van der Waals surface area contributed by atoms with E-state index >= 15 is 0 Å². The lowest BCUT2D eigenvalue weighted by Gasteiger charge is -2.02. The first-order valence-electron chi connectivity index (χ1n) is 4.43. The third-order valence-electron chi connectivity index (χ3n) is 1.85. The Kier molecular flexibility index (Phi) is 2.66. The number of halogens is 3. The van der Waals surface area contributed by atoms with Crippen LogP contribution in [-0.2, 0) is 10.2 Å². The largest absolute Gasteiger partial charge is 0.379 e. The number of nitrogens with zero attached hydrogens (tertiary/aromatic N) is 3. The van der Waals surface area contributed by atoms with Crippen molar-refractivity contribution in [2.24, 2.45) is 0 Å². The van der Waals surface area contributed by atoms with Crippen LogP contribution in [0.15, 0.2) is 6.33 Å². The van der Waals surface area contributed by atoms with E-state index in [-0.39, 0.29) is 17.0 Å². The van der Waals surface area contributed by atoms with E-state index in [1.54, 1.807) is 0 Å². The number of rotatable bonds is 2. The second-order valence-electron chi connectivity index (χ2n) is 3.19. The molecule has 0 saturated heterocycles. The minimum absolute atomic E-state index is 0.000856. The van der Waals surface area contributed by atoms with Crippen molar-refractivity contribution in [1.82, 2.24) is 19.9 Å². The first kappa shape index (κ1) is 11.6. The molecule has 90 valence electrons. The van der Waals surface area contributed by atoms with Crippen LogP contribution < -0.4 is 5.32 Å². The van der Waals surface area contributed by atoms with Gasteiger partial charge < -0.3 is 10.3 Å². The quantitative estimate of drug-likeness (QED) is 0.804. The van der Waals surface area contributed by atoms with Gasteiger partial charge in [0.1, 0.15) is 11.8 Å². The molecule has 2 rings (SSSR count). The molecule has 1 amide bonds. The van der Waals surface area contributed by atoms with Crippen LogP contribution in [0.1, 0.15) is 12.7 Å². The highest BCUT2D eigenvalue weighted by atomic mass is 35.5. The van der Waals surface area contributed by atoms with Crippen LogP contribution in [0.2, 0.25) is 0 Å². The molecule has 2 heterocycles. The fourth-order valence-electron chi connectivity index (χ4n) is 1.22. The van der Waals surface area contributed by atoms with Crippen molar-refractivity contribution < 1.29 is 13.6 Å². The number of hydrogen-bond donors (Lipinski definition) is 2. The van der Waals surface area contributed by atoms with Gasteiger partial charge in [-0.25, -0.2) is 15.0 Å². The van der Waals surface area contributed by atoms with E-state index in [4.69, 9.17) is 11.6 Å². The number of nitrogens with one attached hydrogen (secondary N) is 2. The zero-order chi connectivity index (χ0) is 12.6. The number of anilines is 1. The lowest BCUT2D eigenvalue weighted by molar-refractivity contribution is -0.114. The molecule has 17 heavy (non-hydrogen) atoms. The van der Waals surface area contributed by atoms with Gasteiger partial charge >= 0.3 is 5.38 Å². The minimum Gasteiger partial charge on any atom is -0.331 e. The van der Waals surface area contributed by atoms with E-state index in [0.29, 0.717) is 0 Å². The van der Waals surface area contributed by atoms with Crippen molar-refractivity contribution >= 4 is 34.5 Å². The summed E-state index contributed by atoms with van der Waals surface area (Å²) in [6.45, 7) is 1.27. The van der Waals surface area contributed by atoms with Crippen LogP contribution in [0, 0.1) is 0 Å². The van der Waals surface area contributed by atoms with Crippen LogP contribution >= 0.6 is 11.6 Å². The fraction of sp³-hybridized carbons (Fsp3) is 0.250. The maximum absolute atomic E-state index is 12.8. The van der Waals surface area contributed by atoms with Crippen LogP contribution in [0.4, 0.5) is 14.6 Å². The Morgan fingerprint density at radius 2 is 2.24 bits per heavy atom. The van der Waals surface area contributed by atoms with E-state index in [1.165, 1.54) is 6.92 Å². The molecule has 0 unspecified atom stereocenters. The average Bonchev–Trinajstić information content (AvgIpc) is 2.60. The molecule has 0 aromatic carbocycles. The number of alkyl halides is 3. The molecule has 2 N–H and O–H groups in total. The number of amides is 1. The van der Waals surface area contributed by atoms with Gasteiger partial charge in [0.25, 0.3) is 0 Å². The van der Waals surface area contributed by atoms with Gasteiger partial charge in [0.15, 0.2) is 17.3 Å². The molecule has 0 spiro atoms. The highest BCUT2D eigenvalue weighted by molar-refractivity contribution is 6.21. The molecule has 0 radical (unpaired) electrons. The minimum atomic E-state index is -3.63. The number of aromatic amines is 1. The van der Waals surface area contributed by atoms with E-state index in [9.17, 15) is 13.6 Å². The molecule has 0 fully saturated rings. The van der Waals surface area contributed by atoms with Crippen LogP contribution in [-0.4, -0.2) is 25.8 Å². The van der Waals surface area contributed by atoms with Gasteiger partial charge in [-0.15, -0.1) is 0 Å². The van der Waals surface area contributed by atoms with Gasteiger partial charge in [-0.05, 0) is 11.6 Å². The molecule has 0 aliphatic rings. The van der Waals surface area contributed by atoms with Crippen molar-refractivity contribution in [3.8, 4) is 0 Å². The summed E-state index contributed by atoms with van der Waals surface area (Å²) in [5.74, 6) is -1.07. The van der Waals surface area contributed by atoms with Gasteiger partial charge in [0.05, 0.1) is 0 Å². The summed E-state index contributed by atoms with van der Waals surface area (Å²) in [5, 5.41) is -1.27. The number of carbonyl (C=O) groups is 1. The molecule has 9 heteroatoms. The maximum atomic E-state index is 12.8. The first-order valence-corrected chi connectivity index (χ1v) is 4.81. The summed E-state index contributed by atoms with van der Waals surface area (Å²) < 4.78 is 25.6. The van der Waals surface area contributed by atoms with E-state index in [2.05, 4.69) is 25.3 Å². The van der Waals surface area contributed by atoms with Gasteiger partial charge in [-0.2, -0.15) is 8.78 Å². The number of aromatic nitrogens is 4. The molecular weight excluding hydrogens is 256 g/mol. The van der Waals surface area contributed by atoms with E-state index < -0.39 is 17.1 Å². The third kappa shape index (κ3) is 2.31. The van der Waals surface area contributed by atoms with Gasteiger partial charge in [0, 0.05) is 6.92 Å². The standard InChI is InChI=1S/C8H6ClF2N5O/c1-3(17)14-5-4-6(13-2-12-5)16-7(15-4)8(9,10)11/h2H,1H3,(H2,12,13,14,15,16,17). The van der Waals surface area contributed by atoms with Crippen molar-refractivity contribution in [1.29, 1.82) is 0 Å². The summed E-state index contributed by atoms with van der Waals surface area (Å²) in [4.78, 5) is 24.1. The normalized spacial score (nSPS) is 11.8. The molecule has 0 saturated carbocycles. The average molecular weight is 262 g/mol. The number of imidazole rings is 1. The monoisotopic (exact) mass is 261 g/mol. The molecule has 2 aromatic rings. The number of hydrogen-bond acceptors (Lipinski definition) is 4. The Balaban J connectivity index is 2.57. The Hall–Kier alpha value is -1.83. The lowest BCUT2D eigenvalue weighted by Crippen LogP contribution is -2.08. The molecule has 0 aliphatic heterocycles. The molecular formula is C8H6ClF2N5O. The summed E-state index contributed by atoms with van der Waals surface area (Å²) in [7, 11) is 0. The summed E-state index contributed by atoms with van der Waals surface area (Å²) in [6, 6.07) is 0. The Bertz CT molecular complexity index is 579. The van der Waals surface area contributed by atoms with E-state index in [1.807, 2.05) is 0 Å². The highest BCUT2D eigenvalue weighted by Crippen LogP contribution is 2.31. The van der Waals surface area contributed by atoms with Gasteiger partial charge in [-0.3, -0.25) is 4.79 Å². The van der Waals surface area contributed by atoms with E-state index in [0.717, 1.165) is 6.33 Å². The predicted molar refractivity (Wildman–Crippen MR) is 55.7 cm³/mol. The Morgan fingerprint density at radius 3 is 2.82 bits per heavy atom. The second kappa shape index (κ2) is 3.88. The molecule has 0 aliphatic carbocycles. The van der Waals surface area contributed by atoms with Crippen molar-refractivity contribution in [2.75, 3.05) is 5.32 Å². The fourth-order valence-corrected chi connectivity index (χ4v) is 1.31. The van der Waals surface area contributed by atoms with Crippen molar-refractivity contribution in [3.63, 3.8) is 0 Å². The second-order valence-corrected chi connectivity index (χ2v) is 3.66. The SMILES string of the molecule is CC(=O)Nc1ncnc2nc(C(F)(F)Cl)[nH]c12.